The molecule has 0 radical (unpaired) electrons. The van der Waals surface area contributed by atoms with Crippen LogP contribution in [0, 0.1) is 0 Å². The van der Waals surface area contributed by atoms with Gasteiger partial charge in [0.05, 0.1) is 12.4 Å². The van der Waals surface area contributed by atoms with Gasteiger partial charge in [-0.1, -0.05) is 6.07 Å². The van der Waals surface area contributed by atoms with Crippen molar-refractivity contribution in [3.8, 4) is 0 Å². The van der Waals surface area contributed by atoms with Gasteiger partial charge in [-0.25, -0.2) is 0 Å². The number of aromatic nitrogens is 1. The van der Waals surface area contributed by atoms with E-state index in [0.717, 1.165) is 0 Å². The van der Waals surface area contributed by atoms with Crippen LogP contribution in [0.5, 0.6) is 0 Å². The van der Waals surface area contributed by atoms with E-state index in [1.807, 2.05) is 0 Å². The van der Waals surface area contributed by atoms with E-state index < -0.39 is 16.2 Å². The van der Waals surface area contributed by atoms with Crippen LogP contribution in [0.3, 0.4) is 0 Å². The zero-order chi connectivity index (χ0) is 12.9. The van der Waals surface area contributed by atoms with Crippen molar-refractivity contribution in [3.63, 3.8) is 0 Å². The lowest BCUT2D eigenvalue weighted by atomic mass is 10.2. The fraction of sp³-hybridized carbons (Fsp3) is 0.500. The van der Waals surface area contributed by atoms with E-state index in [0.29, 0.717) is 5.69 Å². The lowest BCUT2D eigenvalue weighted by Gasteiger charge is -2.06. The summed E-state index contributed by atoms with van der Waals surface area (Å²) in [4.78, 5) is 0. The molecule has 3 N–H and O–H groups in total. The highest BCUT2D eigenvalue weighted by Gasteiger charge is 2.16. The van der Waals surface area contributed by atoms with E-state index in [9.17, 15) is 13.5 Å². The van der Waals surface area contributed by atoms with Crippen molar-refractivity contribution in [3.05, 3.63) is 30.1 Å². The fourth-order valence-electron chi connectivity index (χ4n) is 1.44. The van der Waals surface area contributed by atoms with Gasteiger partial charge in [0.2, 0.25) is 0 Å². The second kappa shape index (κ2) is 6.06. The molecule has 0 bridgehead atoms. The number of rotatable bonds is 6. The molecule has 17 heavy (non-hydrogen) atoms. The van der Waals surface area contributed by atoms with Gasteiger partial charge in [0.15, 0.2) is 18.4 Å². The predicted octanol–water partition coefficient (Wildman–Crippen LogP) is -1.24. The van der Waals surface area contributed by atoms with Crippen LogP contribution in [-0.4, -0.2) is 41.6 Å². The maximum absolute atomic E-state index is 10.7. The zero-order valence-corrected chi connectivity index (χ0v) is 10.0. The number of pyridine rings is 1. The monoisotopic (exact) mass is 262 g/mol. The Hall–Kier alpha value is -1.02. The molecule has 0 spiro atoms. The summed E-state index contributed by atoms with van der Waals surface area (Å²) in [5.74, 6) is -0.369. The molecule has 1 heterocycles. The zero-order valence-electron chi connectivity index (χ0n) is 9.23. The molecule has 0 unspecified atom stereocenters. The summed E-state index contributed by atoms with van der Waals surface area (Å²) in [6.07, 6.45) is 0.933. The van der Waals surface area contributed by atoms with Crippen molar-refractivity contribution < 1.29 is 27.8 Å². The topological polar surface area (TPSA) is 98.7 Å². The van der Waals surface area contributed by atoms with Crippen molar-refractivity contribution in [1.29, 1.82) is 0 Å². The van der Waals surface area contributed by atoms with E-state index >= 15 is 0 Å². The third-order valence-electron chi connectivity index (χ3n) is 2.27. The number of aryl methyl sites for hydroxylation is 1. The van der Waals surface area contributed by atoms with Crippen LogP contribution in [0.15, 0.2) is 24.4 Å². The van der Waals surface area contributed by atoms with E-state index in [-0.39, 0.29) is 25.3 Å². The predicted molar refractivity (Wildman–Crippen MR) is 59.8 cm³/mol. The molecule has 0 saturated carbocycles. The molecular weight excluding hydrogens is 246 g/mol. The molecule has 0 fully saturated rings. The van der Waals surface area contributed by atoms with Crippen molar-refractivity contribution >= 4 is 10.1 Å². The van der Waals surface area contributed by atoms with Gasteiger partial charge >= 0.3 is 0 Å². The van der Waals surface area contributed by atoms with Gasteiger partial charge in [-0.2, -0.15) is 13.0 Å². The Balaban J connectivity index is 2.77. The van der Waals surface area contributed by atoms with Crippen molar-refractivity contribution in [2.75, 3.05) is 12.4 Å². The number of aliphatic hydroxyl groups is 2. The minimum atomic E-state index is -4.00. The summed E-state index contributed by atoms with van der Waals surface area (Å²) in [7, 11) is -4.00. The highest BCUT2D eigenvalue weighted by Crippen LogP contribution is 1.97. The normalized spacial score (nSPS) is 13.6. The molecule has 0 saturated heterocycles. The van der Waals surface area contributed by atoms with E-state index in [1.54, 1.807) is 29.0 Å². The second-order valence-corrected chi connectivity index (χ2v) is 5.29. The van der Waals surface area contributed by atoms with Crippen molar-refractivity contribution in [2.45, 2.75) is 19.1 Å². The molecule has 0 aromatic carbocycles. The summed E-state index contributed by atoms with van der Waals surface area (Å²) < 4.78 is 31.6. The Morgan fingerprint density at radius 2 is 2.06 bits per heavy atom. The Labute approximate surface area is 99.9 Å². The maximum Gasteiger partial charge on any atom is 0.265 e. The minimum absolute atomic E-state index is 0.151. The first-order valence-corrected chi connectivity index (χ1v) is 6.74. The standard InChI is InChI=1S/C10H15NO5S/c12-8-10(13)7-11-5-2-1-3-9(11)4-6-17(14,15)16/h1-3,5,10,12-13H,4,6-8H2/p+1/t10-/m0/s1. The smallest absolute Gasteiger partial charge is 0.265 e. The lowest BCUT2D eigenvalue weighted by molar-refractivity contribution is -0.710. The first kappa shape index (κ1) is 14.0. The third-order valence-corrected chi connectivity index (χ3v) is 2.99. The van der Waals surface area contributed by atoms with Crippen LogP contribution in [0.1, 0.15) is 5.69 Å². The van der Waals surface area contributed by atoms with E-state index in [2.05, 4.69) is 0 Å². The molecule has 1 rings (SSSR count). The van der Waals surface area contributed by atoms with Crippen LogP contribution in [-0.2, 0) is 23.1 Å². The molecule has 1 atom stereocenters. The molecular formula is C10H16NO5S+. The first-order chi connectivity index (χ1) is 7.92. The molecule has 7 heteroatoms. The average molecular weight is 262 g/mol. The van der Waals surface area contributed by atoms with Crippen molar-refractivity contribution in [2.24, 2.45) is 0 Å². The van der Waals surface area contributed by atoms with E-state index in [1.165, 1.54) is 0 Å². The molecule has 0 aliphatic carbocycles. The van der Waals surface area contributed by atoms with Crippen LogP contribution in [0.4, 0.5) is 0 Å². The van der Waals surface area contributed by atoms with Crippen LogP contribution >= 0.6 is 0 Å². The van der Waals surface area contributed by atoms with Gasteiger partial charge < -0.3 is 10.2 Å². The van der Waals surface area contributed by atoms with Gasteiger partial charge in [-0.05, 0) is 0 Å². The number of hydrogen-bond acceptors (Lipinski definition) is 4. The summed E-state index contributed by atoms with van der Waals surface area (Å²) in [5.41, 5.74) is 0.664. The summed E-state index contributed by atoms with van der Waals surface area (Å²) in [5, 5.41) is 18.1. The second-order valence-electron chi connectivity index (χ2n) is 3.72. The average Bonchev–Trinajstić information content (AvgIpc) is 2.26. The van der Waals surface area contributed by atoms with Gasteiger partial charge in [-0.15, -0.1) is 0 Å². The SMILES string of the molecule is O=S(=O)(O)CCc1cccc[n+]1C[C@H](O)CO. The van der Waals surface area contributed by atoms with Crippen LogP contribution in [0.25, 0.3) is 0 Å². The third kappa shape index (κ3) is 5.22. The summed E-state index contributed by atoms with van der Waals surface area (Å²) in [6, 6.07) is 5.18. The molecule has 1 aromatic rings. The Morgan fingerprint density at radius 3 is 2.65 bits per heavy atom. The number of hydrogen-bond donors (Lipinski definition) is 3. The molecule has 96 valence electrons. The Bertz CT molecular complexity index is 460. The van der Waals surface area contributed by atoms with Crippen molar-refractivity contribution in [1.82, 2.24) is 0 Å². The minimum Gasteiger partial charge on any atom is -0.393 e. The summed E-state index contributed by atoms with van der Waals surface area (Å²) >= 11 is 0. The maximum atomic E-state index is 10.7. The first-order valence-electron chi connectivity index (χ1n) is 5.14. The Kier molecular flexibility index (Phi) is 5.01. The molecule has 0 amide bonds. The highest BCUT2D eigenvalue weighted by atomic mass is 32.2. The fourth-order valence-corrected chi connectivity index (χ4v) is 1.90. The van der Waals surface area contributed by atoms with Gasteiger partial charge in [-0.3, -0.25) is 4.55 Å². The van der Waals surface area contributed by atoms with Crippen LogP contribution in [0.2, 0.25) is 0 Å². The van der Waals surface area contributed by atoms with E-state index in [4.69, 9.17) is 9.66 Å². The lowest BCUT2D eigenvalue weighted by Crippen LogP contribution is -2.44. The number of aliphatic hydroxyl groups excluding tert-OH is 2. The largest absolute Gasteiger partial charge is 0.393 e. The van der Waals surface area contributed by atoms with Gasteiger partial charge in [0.1, 0.15) is 6.10 Å². The Morgan fingerprint density at radius 1 is 1.35 bits per heavy atom. The number of nitrogens with zero attached hydrogens (tertiary/aromatic N) is 1. The molecule has 6 nitrogen and oxygen atoms in total. The highest BCUT2D eigenvalue weighted by molar-refractivity contribution is 7.85. The quantitative estimate of drug-likeness (QED) is 0.440. The van der Waals surface area contributed by atoms with Gasteiger partial charge in [0, 0.05) is 18.6 Å². The van der Waals surface area contributed by atoms with Crippen LogP contribution < -0.4 is 4.57 Å². The molecule has 0 aliphatic rings. The molecule has 0 aliphatic heterocycles. The molecule has 1 aromatic heterocycles. The van der Waals surface area contributed by atoms with Gasteiger partial charge in [0.25, 0.3) is 10.1 Å². The summed E-state index contributed by atoms with van der Waals surface area (Å²) in [6.45, 7) is -0.183.